The van der Waals surface area contributed by atoms with Gasteiger partial charge in [0, 0.05) is 19.7 Å². The molecule has 1 N–H and O–H groups in total. The molecular weight excluding hydrogens is 256 g/mol. The topological polar surface area (TPSA) is 50.8 Å². The Balaban J connectivity index is 2.36. The highest BCUT2D eigenvalue weighted by Crippen LogP contribution is 2.16. The molecule has 0 aliphatic carbocycles. The van der Waals surface area contributed by atoms with E-state index in [-0.39, 0.29) is 5.97 Å². The Morgan fingerprint density at radius 2 is 2.25 bits per heavy atom. The summed E-state index contributed by atoms with van der Waals surface area (Å²) in [5.41, 5.74) is -0.613. The molecule has 0 aromatic rings. The molecule has 2 unspecified atom stereocenters. The number of nitrogens with one attached hydrogen (secondary N) is 1. The molecule has 1 fully saturated rings. The average Bonchev–Trinajstić information content (AvgIpc) is 2.46. The fourth-order valence-corrected chi connectivity index (χ4v) is 2.42. The third-order valence-electron chi connectivity index (χ3n) is 4.06. The number of rotatable bonds is 8. The van der Waals surface area contributed by atoms with Gasteiger partial charge in [0.05, 0.1) is 12.7 Å². The first kappa shape index (κ1) is 17.4. The summed E-state index contributed by atoms with van der Waals surface area (Å²) in [5.74, 6) is -0.176. The van der Waals surface area contributed by atoms with Crippen LogP contribution >= 0.6 is 0 Å². The number of ether oxygens (including phenoxy) is 2. The summed E-state index contributed by atoms with van der Waals surface area (Å²) in [6.45, 7) is 6.81. The zero-order valence-corrected chi connectivity index (χ0v) is 13.4. The van der Waals surface area contributed by atoms with Gasteiger partial charge in [-0.1, -0.05) is 0 Å². The number of carbonyl (C=O) groups excluding carboxylic acids is 1. The van der Waals surface area contributed by atoms with Crippen LogP contribution in [0.4, 0.5) is 0 Å². The number of hydrogen-bond acceptors (Lipinski definition) is 5. The van der Waals surface area contributed by atoms with Gasteiger partial charge in [-0.25, -0.2) is 0 Å². The van der Waals surface area contributed by atoms with Crippen molar-refractivity contribution in [2.24, 2.45) is 0 Å². The predicted molar refractivity (Wildman–Crippen MR) is 79.8 cm³/mol. The highest BCUT2D eigenvalue weighted by atomic mass is 16.5. The van der Waals surface area contributed by atoms with Crippen molar-refractivity contribution in [1.29, 1.82) is 0 Å². The Morgan fingerprint density at radius 1 is 1.50 bits per heavy atom. The molecule has 0 aromatic heterocycles. The zero-order valence-electron chi connectivity index (χ0n) is 13.4. The minimum absolute atomic E-state index is 0.176. The SMILES string of the molecule is CCOC(=O)C(C)(CCN(C)CC1CCCCO1)NC. The van der Waals surface area contributed by atoms with Crippen LogP contribution in [0, 0.1) is 0 Å². The summed E-state index contributed by atoms with van der Waals surface area (Å²) in [6.07, 6.45) is 4.66. The Bertz CT molecular complexity index is 293. The van der Waals surface area contributed by atoms with Gasteiger partial charge in [0.2, 0.25) is 0 Å². The van der Waals surface area contributed by atoms with Gasteiger partial charge in [-0.15, -0.1) is 0 Å². The van der Waals surface area contributed by atoms with Crippen molar-refractivity contribution < 1.29 is 14.3 Å². The molecule has 5 nitrogen and oxygen atoms in total. The van der Waals surface area contributed by atoms with E-state index in [0.717, 1.165) is 32.5 Å². The molecule has 1 saturated heterocycles. The first-order valence-corrected chi connectivity index (χ1v) is 7.68. The van der Waals surface area contributed by atoms with Crippen LogP contribution in [-0.2, 0) is 14.3 Å². The van der Waals surface area contributed by atoms with Crippen molar-refractivity contribution in [2.75, 3.05) is 40.4 Å². The van der Waals surface area contributed by atoms with E-state index in [4.69, 9.17) is 9.47 Å². The monoisotopic (exact) mass is 286 g/mol. The normalized spacial score (nSPS) is 22.6. The molecule has 1 aliphatic rings. The van der Waals surface area contributed by atoms with Crippen molar-refractivity contribution in [1.82, 2.24) is 10.2 Å². The molecule has 5 heteroatoms. The van der Waals surface area contributed by atoms with Crippen molar-refractivity contribution in [3.8, 4) is 0 Å². The van der Waals surface area contributed by atoms with Gasteiger partial charge in [-0.3, -0.25) is 4.79 Å². The summed E-state index contributed by atoms with van der Waals surface area (Å²) in [7, 11) is 3.89. The van der Waals surface area contributed by atoms with Crippen LogP contribution in [0.3, 0.4) is 0 Å². The van der Waals surface area contributed by atoms with Crippen molar-refractivity contribution in [2.45, 2.75) is 51.2 Å². The van der Waals surface area contributed by atoms with E-state index in [2.05, 4.69) is 17.3 Å². The molecule has 0 bridgehead atoms. The van der Waals surface area contributed by atoms with E-state index < -0.39 is 5.54 Å². The lowest BCUT2D eigenvalue weighted by atomic mass is 9.98. The van der Waals surface area contributed by atoms with Crippen LogP contribution in [0.1, 0.15) is 39.5 Å². The van der Waals surface area contributed by atoms with Crippen LogP contribution < -0.4 is 5.32 Å². The van der Waals surface area contributed by atoms with E-state index in [0.29, 0.717) is 12.7 Å². The first-order valence-electron chi connectivity index (χ1n) is 7.68. The first-order chi connectivity index (χ1) is 9.51. The quantitative estimate of drug-likeness (QED) is 0.684. The highest BCUT2D eigenvalue weighted by molar-refractivity contribution is 5.80. The summed E-state index contributed by atoms with van der Waals surface area (Å²) in [6, 6.07) is 0. The molecule has 0 spiro atoms. The largest absolute Gasteiger partial charge is 0.465 e. The van der Waals surface area contributed by atoms with Crippen LogP contribution in [0.5, 0.6) is 0 Å². The minimum atomic E-state index is -0.613. The number of likely N-dealkylation sites (N-methyl/N-ethyl adjacent to an activating group) is 2. The van der Waals surface area contributed by atoms with Gasteiger partial charge < -0.3 is 19.7 Å². The Hall–Kier alpha value is -0.650. The maximum absolute atomic E-state index is 12.0. The zero-order chi connectivity index (χ0) is 15.0. The van der Waals surface area contributed by atoms with Crippen LogP contribution in [0.15, 0.2) is 0 Å². The smallest absolute Gasteiger partial charge is 0.326 e. The van der Waals surface area contributed by atoms with Crippen LogP contribution in [0.25, 0.3) is 0 Å². The Labute approximate surface area is 123 Å². The predicted octanol–water partition coefficient (Wildman–Crippen LogP) is 1.42. The summed E-state index contributed by atoms with van der Waals surface area (Å²) >= 11 is 0. The van der Waals surface area contributed by atoms with Gasteiger partial charge in [0.25, 0.3) is 0 Å². The Morgan fingerprint density at radius 3 is 2.80 bits per heavy atom. The summed E-state index contributed by atoms with van der Waals surface area (Å²) in [4.78, 5) is 14.2. The van der Waals surface area contributed by atoms with Gasteiger partial charge in [-0.2, -0.15) is 0 Å². The van der Waals surface area contributed by atoms with E-state index in [1.54, 1.807) is 7.05 Å². The lowest BCUT2D eigenvalue weighted by molar-refractivity contribution is -0.150. The van der Waals surface area contributed by atoms with Crippen LogP contribution in [-0.4, -0.2) is 62.9 Å². The van der Waals surface area contributed by atoms with E-state index in [1.807, 2.05) is 13.8 Å². The van der Waals surface area contributed by atoms with E-state index in [9.17, 15) is 4.79 Å². The highest BCUT2D eigenvalue weighted by Gasteiger charge is 2.33. The Kier molecular flexibility index (Phi) is 7.48. The molecule has 20 heavy (non-hydrogen) atoms. The lowest BCUT2D eigenvalue weighted by Gasteiger charge is -2.31. The number of hydrogen-bond donors (Lipinski definition) is 1. The second-order valence-electron chi connectivity index (χ2n) is 5.80. The third kappa shape index (κ3) is 5.38. The molecule has 0 radical (unpaired) electrons. The van der Waals surface area contributed by atoms with Gasteiger partial charge >= 0.3 is 5.97 Å². The van der Waals surface area contributed by atoms with Crippen LogP contribution in [0.2, 0.25) is 0 Å². The summed E-state index contributed by atoms with van der Waals surface area (Å²) in [5, 5.41) is 3.09. The fourth-order valence-electron chi connectivity index (χ4n) is 2.42. The van der Waals surface area contributed by atoms with E-state index >= 15 is 0 Å². The molecule has 0 amide bonds. The minimum Gasteiger partial charge on any atom is -0.465 e. The van der Waals surface area contributed by atoms with Crippen molar-refractivity contribution in [3.05, 3.63) is 0 Å². The molecule has 1 heterocycles. The summed E-state index contributed by atoms with van der Waals surface area (Å²) < 4.78 is 10.9. The van der Waals surface area contributed by atoms with E-state index in [1.165, 1.54) is 12.8 Å². The van der Waals surface area contributed by atoms with Crippen molar-refractivity contribution >= 4 is 5.97 Å². The number of nitrogens with zero attached hydrogens (tertiary/aromatic N) is 1. The molecule has 1 aliphatic heterocycles. The number of carbonyl (C=O) groups is 1. The number of esters is 1. The van der Waals surface area contributed by atoms with Crippen molar-refractivity contribution in [3.63, 3.8) is 0 Å². The van der Waals surface area contributed by atoms with Gasteiger partial charge in [0.1, 0.15) is 5.54 Å². The lowest BCUT2D eigenvalue weighted by Crippen LogP contribution is -2.50. The molecular formula is C15H30N2O3. The third-order valence-corrected chi connectivity index (χ3v) is 4.06. The standard InChI is InChI=1S/C15H30N2O3/c1-5-19-14(18)15(2,16-3)9-10-17(4)12-13-8-6-7-11-20-13/h13,16H,5-12H2,1-4H3. The molecule has 0 saturated carbocycles. The molecule has 0 aromatic carbocycles. The molecule has 2 atom stereocenters. The maximum atomic E-state index is 12.0. The molecule has 1 rings (SSSR count). The van der Waals surface area contributed by atoms with Gasteiger partial charge in [0.15, 0.2) is 0 Å². The fraction of sp³-hybridized carbons (Fsp3) is 0.933. The van der Waals surface area contributed by atoms with Gasteiger partial charge in [-0.05, 0) is 53.6 Å². The molecule has 118 valence electrons. The second kappa shape index (κ2) is 8.60. The second-order valence-corrected chi connectivity index (χ2v) is 5.80. The maximum Gasteiger partial charge on any atom is 0.326 e. The average molecular weight is 286 g/mol.